The molecule has 1 saturated heterocycles. The Morgan fingerprint density at radius 1 is 1.02 bits per heavy atom. The third-order valence-corrected chi connectivity index (χ3v) is 8.74. The number of imidazole rings is 1. The van der Waals surface area contributed by atoms with E-state index in [9.17, 15) is 41.0 Å². The van der Waals surface area contributed by atoms with E-state index in [-0.39, 0.29) is 35.4 Å². The Kier molecular flexibility index (Phi) is 10.5. The summed E-state index contributed by atoms with van der Waals surface area (Å²) in [6.45, 7) is 8.89. The van der Waals surface area contributed by atoms with Crippen LogP contribution in [-0.2, 0) is 11.3 Å². The number of aromatic nitrogens is 4. The molecule has 1 N–H and O–H groups in total. The van der Waals surface area contributed by atoms with Crippen molar-refractivity contribution in [2.75, 3.05) is 7.11 Å². The van der Waals surface area contributed by atoms with Crippen molar-refractivity contribution in [2.45, 2.75) is 58.7 Å². The van der Waals surface area contributed by atoms with Gasteiger partial charge in [0.05, 0.1) is 36.5 Å². The predicted molar refractivity (Wildman–Crippen MR) is 181 cm³/mol. The van der Waals surface area contributed by atoms with Crippen molar-refractivity contribution in [2.24, 2.45) is 0 Å². The van der Waals surface area contributed by atoms with Crippen molar-refractivity contribution in [3.63, 3.8) is 0 Å². The monoisotopic (exact) mass is 741 g/mol. The van der Waals surface area contributed by atoms with Gasteiger partial charge in [-0.25, -0.2) is 24.5 Å². The number of halogens is 6. The number of amides is 1. The molecule has 0 radical (unpaired) electrons. The second-order valence-corrected chi connectivity index (χ2v) is 12.3. The average molecular weight is 742 g/mol. The number of aromatic carboxylic acids is 1. The molecule has 1 amide bonds. The molecule has 5 rings (SSSR count). The van der Waals surface area contributed by atoms with Gasteiger partial charge in [-0.3, -0.25) is 9.47 Å². The van der Waals surface area contributed by atoms with Gasteiger partial charge in [0.1, 0.15) is 17.7 Å². The maximum atomic E-state index is 13.8. The van der Waals surface area contributed by atoms with Gasteiger partial charge in [-0.1, -0.05) is 18.7 Å². The summed E-state index contributed by atoms with van der Waals surface area (Å²) >= 11 is 0. The Hall–Kier alpha value is -5.93. The van der Waals surface area contributed by atoms with Crippen molar-refractivity contribution < 1.29 is 50.5 Å². The van der Waals surface area contributed by atoms with Crippen LogP contribution in [0.1, 0.15) is 41.3 Å². The molecule has 53 heavy (non-hydrogen) atoms. The van der Waals surface area contributed by atoms with Crippen molar-refractivity contribution in [1.29, 1.82) is 0 Å². The van der Waals surface area contributed by atoms with Crippen molar-refractivity contribution in [3.05, 3.63) is 113 Å². The van der Waals surface area contributed by atoms with Crippen LogP contribution in [0.5, 0.6) is 5.75 Å². The Bertz CT molecular complexity index is 2150. The highest BCUT2D eigenvalue weighted by Crippen LogP contribution is 2.39. The van der Waals surface area contributed by atoms with Gasteiger partial charge >= 0.3 is 24.4 Å². The number of methoxy groups -OCH3 is 1. The van der Waals surface area contributed by atoms with Gasteiger partial charge in [-0.05, 0) is 86.4 Å². The lowest BCUT2D eigenvalue weighted by atomic mass is 9.94. The van der Waals surface area contributed by atoms with Crippen LogP contribution >= 0.6 is 0 Å². The highest BCUT2D eigenvalue weighted by Gasteiger charge is 2.42. The number of alkyl halides is 6. The number of carbonyl (C=O) groups is 2. The molecule has 10 nitrogen and oxygen atoms in total. The molecule has 2 aromatic heterocycles. The Morgan fingerprint density at radius 2 is 1.74 bits per heavy atom. The van der Waals surface area contributed by atoms with Crippen LogP contribution in [-0.4, -0.2) is 73.2 Å². The lowest BCUT2D eigenvalue weighted by Crippen LogP contribution is -2.34. The fourth-order valence-corrected chi connectivity index (χ4v) is 5.83. The zero-order valence-corrected chi connectivity index (χ0v) is 29.0. The van der Waals surface area contributed by atoms with Gasteiger partial charge in [0, 0.05) is 35.3 Å². The summed E-state index contributed by atoms with van der Waals surface area (Å²) in [5.74, 6) is 0.0757. The number of nitrogens with zero attached hydrogens (tertiary/aromatic N) is 5. The van der Waals surface area contributed by atoms with Crippen LogP contribution < -0.4 is 4.74 Å². The predicted octanol–water partition coefficient (Wildman–Crippen LogP) is 8.58. The maximum absolute atomic E-state index is 13.8. The lowest BCUT2D eigenvalue weighted by Gasteiger charge is -2.23. The summed E-state index contributed by atoms with van der Waals surface area (Å²) in [4.78, 5) is 39.6. The Balaban J connectivity index is 1.57. The number of carboxylic acids is 1. The van der Waals surface area contributed by atoms with Gasteiger partial charge in [-0.2, -0.15) is 26.3 Å². The Labute approximate surface area is 299 Å². The summed E-state index contributed by atoms with van der Waals surface area (Å²) in [7, 11) is 1.46. The largest absolute Gasteiger partial charge is 0.496 e. The molecule has 0 bridgehead atoms. The third-order valence-electron chi connectivity index (χ3n) is 8.74. The number of hydrogen-bond acceptors (Lipinski definition) is 7. The minimum absolute atomic E-state index is 0.0271. The molecule has 1 aliphatic rings. The number of rotatable bonds is 10. The van der Waals surface area contributed by atoms with Crippen LogP contribution in [0.3, 0.4) is 0 Å². The molecule has 4 aromatic rings. The van der Waals surface area contributed by atoms with Crippen molar-refractivity contribution >= 4 is 12.1 Å². The Morgan fingerprint density at radius 3 is 2.32 bits per heavy atom. The highest BCUT2D eigenvalue weighted by molar-refractivity contribution is 5.89. The number of cyclic esters (lactones) is 1. The van der Waals surface area contributed by atoms with E-state index < -0.39 is 47.7 Å². The number of aryl methyl sites for hydroxylation is 2. The van der Waals surface area contributed by atoms with E-state index in [1.54, 1.807) is 61.1 Å². The van der Waals surface area contributed by atoms with E-state index in [0.29, 0.717) is 46.8 Å². The number of carboxylic acid groups (broad SMARTS) is 1. The quantitative estimate of drug-likeness (QED) is 0.127. The van der Waals surface area contributed by atoms with Crippen LogP contribution in [0.25, 0.3) is 28.2 Å². The van der Waals surface area contributed by atoms with Gasteiger partial charge in [0.15, 0.2) is 0 Å². The first-order valence-electron chi connectivity index (χ1n) is 15.9. The zero-order valence-electron chi connectivity index (χ0n) is 29.0. The summed E-state index contributed by atoms with van der Waals surface area (Å²) in [6.07, 6.45) is -7.33. The molecular weight excluding hydrogens is 708 g/mol. The number of carbonyl (C=O) groups excluding carboxylic acids is 1. The maximum Gasteiger partial charge on any atom is 0.416 e. The standard InChI is InChI=1S/C37H33F6N5O5/c1-19-13-25(33(49)50)7-9-27(19)24-8-10-31(52-6)28(16-24)29-17-45-34(47-12-11-44-23(47)5)46-30(29)18-48-22(4)32(53-35(48)51)20(2)14-26(37(41,42)43)15-21(3)36(38,39)40/h7-17,22,32H,2,18H2,1,3-6H3,(H,49,50)/b21-15+,26-14+/t22-,32+/m0/s1. The van der Waals surface area contributed by atoms with E-state index in [4.69, 9.17) is 14.5 Å². The minimum atomic E-state index is -5.16. The van der Waals surface area contributed by atoms with E-state index >= 15 is 0 Å². The number of hydrogen-bond donors (Lipinski definition) is 1. The highest BCUT2D eigenvalue weighted by atomic mass is 19.4. The topological polar surface area (TPSA) is 120 Å². The smallest absolute Gasteiger partial charge is 0.416 e. The van der Waals surface area contributed by atoms with E-state index in [0.717, 1.165) is 5.56 Å². The summed E-state index contributed by atoms with van der Waals surface area (Å²) < 4.78 is 93.5. The molecule has 0 spiro atoms. The molecular formula is C37H33F6N5O5. The first kappa shape index (κ1) is 38.3. The lowest BCUT2D eigenvalue weighted by molar-refractivity contribution is -0.0954. The first-order valence-corrected chi connectivity index (χ1v) is 15.9. The van der Waals surface area contributed by atoms with Gasteiger partial charge in [0.25, 0.3) is 0 Å². The zero-order chi connectivity index (χ0) is 39.0. The SMILES string of the molecule is C=C(/C=C(\C=C(/C)C(F)(F)F)C(F)(F)F)[C@H]1OC(=O)N(Cc2nc(-n3ccnc3C)ncc2-c2cc(-c3ccc(C(=O)O)cc3C)ccc2OC)[C@H]1C. The fourth-order valence-electron chi connectivity index (χ4n) is 5.83. The fraction of sp³-hybridized carbons (Fsp3) is 0.270. The van der Waals surface area contributed by atoms with Crippen LogP contribution in [0, 0.1) is 13.8 Å². The average Bonchev–Trinajstić information content (AvgIpc) is 3.64. The van der Waals surface area contributed by atoms with Gasteiger partial charge < -0.3 is 14.6 Å². The first-order chi connectivity index (χ1) is 24.8. The van der Waals surface area contributed by atoms with Crippen LogP contribution in [0.2, 0.25) is 0 Å². The molecule has 16 heteroatoms. The van der Waals surface area contributed by atoms with Crippen molar-refractivity contribution in [3.8, 4) is 34.0 Å². The minimum Gasteiger partial charge on any atom is -0.496 e. The van der Waals surface area contributed by atoms with Crippen molar-refractivity contribution in [1.82, 2.24) is 24.4 Å². The summed E-state index contributed by atoms with van der Waals surface area (Å²) in [5, 5.41) is 9.43. The second kappa shape index (κ2) is 14.6. The normalized spacial score (nSPS) is 16.9. The van der Waals surface area contributed by atoms with E-state index in [2.05, 4.69) is 16.5 Å². The molecule has 278 valence electrons. The molecule has 1 fully saturated rings. The molecule has 3 heterocycles. The third kappa shape index (κ3) is 8.10. The molecule has 0 aliphatic carbocycles. The van der Waals surface area contributed by atoms with Crippen LogP contribution in [0.4, 0.5) is 31.1 Å². The number of benzene rings is 2. The summed E-state index contributed by atoms with van der Waals surface area (Å²) in [6, 6.07) is 9.06. The second-order valence-electron chi connectivity index (χ2n) is 12.3. The summed E-state index contributed by atoms with van der Waals surface area (Å²) in [5.41, 5.74) is -0.0244. The molecule has 2 aromatic carbocycles. The number of ether oxygens (including phenoxy) is 2. The number of allylic oxidation sites excluding steroid dienone is 3. The molecule has 2 atom stereocenters. The van der Waals surface area contributed by atoms with Crippen LogP contribution in [0.15, 0.2) is 90.4 Å². The molecule has 0 saturated carbocycles. The van der Waals surface area contributed by atoms with Gasteiger partial charge in [-0.15, -0.1) is 0 Å². The molecule has 0 unspecified atom stereocenters. The van der Waals surface area contributed by atoms with E-state index in [1.165, 1.54) is 31.2 Å². The van der Waals surface area contributed by atoms with E-state index in [1.807, 2.05) is 0 Å². The van der Waals surface area contributed by atoms with Gasteiger partial charge in [0.2, 0.25) is 5.95 Å². The molecule has 1 aliphatic heterocycles.